The van der Waals surface area contributed by atoms with Crippen LogP contribution in [-0.2, 0) is 9.59 Å². The number of halogens is 3. The van der Waals surface area contributed by atoms with Crippen LogP contribution in [0.2, 0.25) is 0 Å². The molecule has 0 bridgehead atoms. The van der Waals surface area contributed by atoms with E-state index in [1.165, 1.54) is 5.43 Å². The van der Waals surface area contributed by atoms with E-state index in [1.54, 1.807) is 5.32 Å². The molecule has 1 aromatic carbocycles. The van der Waals surface area contributed by atoms with E-state index in [9.17, 15) is 22.8 Å². The predicted octanol–water partition coefficient (Wildman–Crippen LogP) is 0.0323. The highest BCUT2D eigenvalue weighted by Gasteiger charge is 2.18. The van der Waals surface area contributed by atoms with Crippen LogP contribution in [0, 0.1) is 17.5 Å². The summed E-state index contributed by atoms with van der Waals surface area (Å²) in [6.07, 6.45) is 0. The maximum absolute atomic E-state index is 13.0. The monoisotopic (exact) mass is 233 g/mol. The molecule has 16 heavy (non-hydrogen) atoms. The number of hydrazine groups is 1. The van der Waals surface area contributed by atoms with Gasteiger partial charge in [-0.05, 0) is 12.1 Å². The number of benzene rings is 1. The average Bonchev–Trinajstić information content (AvgIpc) is 2.28. The van der Waals surface area contributed by atoms with E-state index in [2.05, 4.69) is 5.84 Å². The Labute approximate surface area is 87.4 Å². The second-order valence-electron chi connectivity index (χ2n) is 2.65. The average molecular weight is 233 g/mol. The summed E-state index contributed by atoms with van der Waals surface area (Å²) in [5.74, 6) is -2.66. The van der Waals surface area contributed by atoms with Gasteiger partial charge in [0.25, 0.3) is 0 Å². The minimum absolute atomic E-state index is 0.606. The van der Waals surface area contributed by atoms with Gasteiger partial charge in [-0.25, -0.2) is 19.0 Å². The van der Waals surface area contributed by atoms with Gasteiger partial charge in [-0.1, -0.05) is 0 Å². The lowest BCUT2D eigenvalue weighted by Crippen LogP contribution is -2.39. The maximum Gasteiger partial charge on any atom is 0.323 e. The molecule has 0 aliphatic carbocycles. The quantitative estimate of drug-likeness (QED) is 0.210. The summed E-state index contributed by atoms with van der Waals surface area (Å²) in [6, 6.07) is 1.38. The van der Waals surface area contributed by atoms with Crippen LogP contribution in [0.1, 0.15) is 0 Å². The largest absolute Gasteiger partial charge is 0.323 e. The minimum Gasteiger partial charge on any atom is -0.315 e. The molecule has 0 atom stereocenters. The number of carbonyl (C=O) groups excluding carboxylic acids is 2. The van der Waals surface area contributed by atoms with Gasteiger partial charge in [-0.3, -0.25) is 15.0 Å². The highest BCUT2D eigenvalue weighted by molar-refractivity contribution is 6.39. The highest BCUT2D eigenvalue weighted by Crippen LogP contribution is 2.19. The van der Waals surface area contributed by atoms with Gasteiger partial charge >= 0.3 is 11.8 Å². The summed E-state index contributed by atoms with van der Waals surface area (Å²) in [5.41, 5.74) is 0.829. The molecule has 1 aromatic rings. The molecule has 0 saturated heterocycles. The third kappa shape index (κ3) is 2.28. The number of rotatable bonds is 1. The third-order valence-electron chi connectivity index (χ3n) is 1.62. The van der Waals surface area contributed by atoms with Crippen molar-refractivity contribution in [3.05, 3.63) is 29.6 Å². The van der Waals surface area contributed by atoms with E-state index in [0.29, 0.717) is 6.07 Å². The van der Waals surface area contributed by atoms with E-state index >= 15 is 0 Å². The number of anilines is 1. The van der Waals surface area contributed by atoms with Crippen molar-refractivity contribution in [2.75, 3.05) is 5.32 Å². The fourth-order valence-electron chi connectivity index (χ4n) is 0.867. The topological polar surface area (TPSA) is 84.2 Å². The second kappa shape index (κ2) is 4.62. The summed E-state index contributed by atoms with van der Waals surface area (Å²) >= 11 is 0. The minimum atomic E-state index is -1.74. The van der Waals surface area contributed by atoms with Gasteiger partial charge in [0.1, 0.15) is 0 Å². The molecule has 0 aliphatic heterocycles. The van der Waals surface area contributed by atoms with Gasteiger partial charge in [-0.2, -0.15) is 0 Å². The molecule has 86 valence electrons. The Kier molecular flexibility index (Phi) is 3.46. The first-order valence-corrected chi connectivity index (χ1v) is 3.92. The van der Waals surface area contributed by atoms with Gasteiger partial charge in [0.15, 0.2) is 17.5 Å². The first-order valence-electron chi connectivity index (χ1n) is 3.92. The van der Waals surface area contributed by atoms with E-state index in [0.717, 1.165) is 6.07 Å². The molecule has 0 spiro atoms. The summed E-state index contributed by atoms with van der Waals surface area (Å²) in [6.45, 7) is 0. The van der Waals surface area contributed by atoms with E-state index in [1.807, 2.05) is 0 Å². The third-order valence-corrected chi connectivity index (χ3v) is 1.62. The maximum atomic E-state index is 13.0. The van der Waals surface area contributed by atoms with E-state index < -0.39 is 35.0 Å². The van der Waals surface area contributed by atoms with Gasteiger partial charge < -0.3 is 5.32 Å². The van der Waals surface area contributed by atoms with Crippen LogP contribution < -0.4 is 16.6 Å². The number of amides is 2. The second-order valence-corrected chi connectivity index (χ2v) is 2.65. The fourth-order valence-corrected chi connectivity index (χ4v) is 0.867. The first kappa shape index (κ1) is 12.0. The van der Waals surface area contributed by atoms with Gasteiger partial charge in [-0.15, -0.1) is 0 Å². The highest BCUT2D eigenvalue weighted by atomic mass is 19.2. The Bertz CT molecular complexity index is 450. The van der Waals surface area contributed by atoms with Crippen LogP contribution in [0.15, 0.2) is 12.1 Å². The standard InChI is InChI=1S/C8H6F3N3O2/c9-3-1-2-4(6(11)5(3)10)13-7(15)8(16)14-12/h1-2H,12H2,(H,13,15)(H,14,16). The van der Waals surface area contributed by atoms with E-state index in [-0.39, 0.29) is 0 Å². The van der Waals surface area contributed by atoms with Crippen LogP contribution in [0.5, 0.6) is 0 Å². The zero-order chi connectivity index (χ0) is 12.3. The summed E-state index contributed by atoms with van der Waals surface area (Å²) in [5, 5.41) is 1.72. The molecule has 0 heterocycles. The molecule has 8 heteroatoms. The Morgan fingerprint density at radius 3 is 2.25 bits per heavy atom. The number of nitrogens with one attached hydrogen (secondary N) is 2. The molecule has 5 nitrogen and oxygen atoms in total. The van der Waals surface area contributed by atoms with Crippen LogP contribution in [0.25, 0.3) is 0 Å². The molecule has 0 radical (unpaired) electrons. The zero-order valence-corrected chi connectivity index (χ0v) is 7.68. The number of nitrogens with two attached hydrogens (primary N) is 1. The van der Waals surface area contributed by atoms with Crippen molar-refractivity contribution in [1.29, 1.82) is 0 Å². The SMILES string of the molecule is NNC(=O)C(=O)Nc1ccc(F)c(F)c1F. The molecular formula is C8H6F3N3O2. The smallest absolute Gasteiger partial charge is 0.315 e. The molecule has 1 rings (SSSR count). The predicted molar refractivity (Wildman–Crippen MR) is 47.3 cm³/mol. The molecule has 4 N–H and O–H groups in total. The molecule has 2 amide bonds. The first-order chi connectivity index (χ1) is 7.47. The Hall–Kier alpha value is -2.09. The van der Waals surface area contributed by atoms with Crippen molar-refractivity contribution < 1.29 is 22.8 Å². The molecule has 0 fully saturated rings. The Morgan fingerprint density at radius 1 is 1.06 bits per heavy atom. The van der Waals surface area contributed by atoms with Gasteiger partial charge in [0.05, 0.1) is 5.69 Å². The summed E-state index contributed by atoms with van der Waals surface area (Å²) in [4.78, 5) is 21.5. The number of hydrogen-bond acceptors (Lipinski definition) is 3. The summed E-state index contributed by atoms with van der Waals surface area (Å²) in [7, 11) is 0. The van der Waals surface area contributed by atoms with Crippen LogP contribution >= 0.6 is 0 Å². The van der Waals surface area contributed by atoms with Crippen molar-refractivity contribution in [3.8, 4) is 0 Å². The van der Waals surface area contributed by atoms with Crippen molar-refractivity contribution in [1.82, 2.24) is 5.43 Å². The van der Waals surface area contributed by atoms with Crippen molar-refractivity contribution in [2.24, 2.45) is 5.84 Å². The Morgan fingerprint density at radius 2 is 1.69 bits per heavy atom. The van der Waals surface area contributed by atoms with Crippen molar-refractivity contribution >= 4 is 17.5 Å². The molecule has 0 aromatic heterocycles. The van der Waals surface area contributed by atoms with Gasteiger partial charge in [0, 0.05) is 0 Å². The molecular weight excluding hydrogens is 227 g/mol. The lowest BCUT2D eigenvalue weighted by atomic mass is 10.2. The number of carbonyl (C=O) groups is 2. The lowest BCUT2D eigenvalue weighted by Gasteiger charge is -2.05. The van der Waals surface area contributed by atoms with Crippen LogP contribution in [0.4, 0.5) is 18.9 Å². The fraction of sp³-hybridized carbons (Fsp3) is 0. The Balaban J connectivity index is 2.95. The van der Waals surface area contributed by atoms with Gasteiger partial charge in [0.2, 0.25) is 0 Å². The van der Waals surface area contributed by atoms with Crippen molar-refractivity contribution in [2.45, 2.75) is 0 Å². The lowest BCUT2D eigenvalue weighted by molar-refractivity contribution is -0.136. The van der Waals surface area contributed by atoms with Crippen molar-refractivity contribution in [3.63, 3.8) is 0 Å². The van der Waals surface area contributed by atoms with Crippen LogP contribution in [-0.4, -0.2) is 11.8 Å². The van der Waals surface area contributed by atoms with Crippen LogP contribution in [0.3, 0.4) is 0 Å². The number of hydrogen-bond donors (Lipinski definition) is 3. The molecule has 0 aliphatic rings. The van der Waals surface area contributed by atoms with E-state index in [4.69, 9.17) is 0 Å². The normalized spacial score (nSPS) is 9.75. The molecule has 0 saturated carbocycles. The zero-order valence-electron chi connectivity index (χ0n) is 7.68. The summed E-state index contributed by atoms with van der Waals surface area (Å²) < 4.78 is 38.2. The molecule has 0 unspecified atom stereocenters.